The Morgan fingerprint density at radius 3 is 2.68 bits per heavy atom. The van der Waals surface area contributed by atoms with E-state index in [0.717, 1.165) is 48.2 Å². The first-order valence-corrected chi connectivity index (χ1v) is 9.79. The van der Waals surface area contributed by atoms with E-state index in [9.17, 15) is 4.79 Å². The Morgan fingerprint density at radius 1 is 1.20 bits per heavy atom. The second-order valence-corrected chi connectivity index (χ2v) is 8.07. The molecule has 3 nitrogen and oxygen atoms in total. The van der Waals surface area contributed by atoms with Gasteiger partial charge < -0.3 is 5.32 Å². The predicted octanol–water partition coefficient (Wildman–Crippen LogP) is 5.61. The summed E-state index contributed by atoms with van der Waals surface area (Å²) in [5.74, 6) is 0.0673. The zero-order valence-corrected chi connectivity index (χ0v) is 16.7. The minimum absolute atomic E-state index is 0.0107. The van der Waals surface area contributed by atoms with Crippen molar-refractivity contribution in [1.29, 1.82) is 0 Å². The van der Waals surface area contributed by atoms with Gasteiger partial charge in [-0.25, -0.2) is 0 Å². The Morgan fingerprint density at radius 2 is 1.96 bits per heavy atom. The van der Waals surface area contributed by atoms with Crippen molar-refractivity contribution in [2.45, 2.75) is 19.4 Å². The van der Waals surface area contributed by atoms with E-state index in [1.807, 2.05) is 36.4 Å². The summed E-state index contributed by atoms with van der Waals surface area (Å²) < 4.78 is 0.995. The molecule has 1 heterocycles. The largest absolute Gasteiger partial charge is 0.326 e. The zero-order valence-electron chi connectivity index (χ0n) is 13.6. The van der Waals surface area contributed by atoms with Gasteiger partial charge in [0.2, 0.25) is 5.91 Å². The predicted molar refractivity (Wildman–Crippen MR) is 107 cm³/mol. The summed E-state index contributed by atoms with van der Waals surface area (Å²) in [7, 11) is 0. The SMILES string of the molecule is O=C(Nc1ccc(Br)cc1)[C@@H]1CCCN(Cc2ccc(Cl)cc2Cl)C1. The van der Waals surface area contributed by atoms with E-state index in [4.69, 9.17) is 23.2 Å². The average Bonchev–Trinajstić information content (AvgIpc) is 2.60. The van der Waals surface area contributed by atoms with Gasteiger partial charge in [-0.3, -0.25) is 9.69 Å². The van der Waals surface area contributed by atoms with Gasteiger partial charge >= 0.3 is 0 Å². The number of likely N-dealkylation sites (tertiary alicyclic amines) is 1. The van der Waals surface area contributed by atoms with Crippen LogP contribution >= 0.6 is 39.1 Å². The van der Waals surface area contributed by atoms with Gasteiger partial charge in [-0.15, -0.1) is 0 Å². The number of rotatable bonds is 4. The molecule has 132 valence electrons. The number of halogens is 3. The first-order chi connectivity index (χ1) is 12.0. The Hall–Kier alpha value is -1.07. The van der Waals surface area contributed by atoms with Crippen molar-refractivity contribution in [2.75, 3.05) is 18.4 Å². The van der Waals surface area contributed by atoms with E-state index in [1.54, 1.807) is 6.07 Å². The van der Waals surface area contributed by atoms with E-state index >= 15 is 0 Å². The molecular formula is C19H19BrCl2N2O. The quantitative estimate of drug-likeness (QED) is 0.668. The van der Waals surface area contributed by atoms with E-state index < -0.39 is 0 Å². The molecule has 0 aromatic heterocycles. The molecule has 0 radical (unpaired) electrons. The minimum atomic E-state index is -0.0107. The molecular weight excluding hydrogens is 423 g/mol. The summed E-state index contributed by atoms with van der Waals surface area (Å²) in [5.41, 5.74) is 1.87. The minimum Gasteiger partial charge on any atom is -0.326 e. The highest BCUT2D eigenvalue weighted by Crippen LogP contribution is 2.25. The third-order valence-electron chi connectivity index (χ3n) is 4.40. The highest BCUT2D eigenvalue weighted by molar-refractivity contribution is 9.10. The van der Waals surface area contributed by atoms with Crippen LogP contribution < -0.4 is 5.32 Å². The van der Waals surface area contributed by atoms with Gasteiger partial charge in [0.25, 0.3) is 0 Å². The van der Waals surface area contributed by atoms with Gasteiger partial charge in [-0.05, 0) is 61.3 Å². The molecule has 25 heavy (non-hydrogen) atoms. The number of hydrogen-bond acceptors (Lipinski definition) is 2. The Balaban J connectivity index is 1.60. The Kier molecular flexibility index (Phi) is 6.39. The normalized spacial score (nSPS) is 18.1. The number of piperidine rings is 1. The zero-order chi connectivity index (χ0) is 17.8. The van der Waals surface area contributed by atoms with Crippen LogP contribution in [0.25, 0.3) is 0 Å². The maximum Gasteiger partial charge on any atom is 0.228 e. The molecule has 1 fully saturated rings. The summed E-state index contributed by atoms with van der Waals surface area (Å²) in [4.78, 5) is 14.9. The van der Waals surface area contributed by atoms with Gasteiger partial charge in [0.1, 0.15) is 0 Å². The van der Waals surface area contributed by atoms with E-state index in [-0.39, 0.29) is 11.8 Å². The van der Waals surface area contributed by atoms with Crippen molar-refractivity contribution in [3.8, 4) is 0 Å². The van der Waals surface area contributed by atoms with Gasteiger partial charge in [0.05, 0.1) is 5.92 Å². The summed E-state index contributed by atoms with van der Waals surface area (Å²) in [6.45, 7) is 2.44. The molecule has 6 heteroatoms. The number of carbonyl (C=O) groups excluding carboxylic acids is 1. The Labute approximate surface area is 166 Å². The lowest BCUT2D eigenvalue weighted by Crippen LogP contribution is -2.40. The molecule has 3 rings (SSSR count). The molecule has 2 aromatic rings. The molecule has 1 amide bonds. The number of nitrogens with one attached hydrogen (secondary N) is 1. The lowest BCUT2D eigenvalue weighted by atomic mass is 9.96. The summed E-state index contributed by atoms with van der Waals surface area (Å²) >= 11 is 15.6. The smallest absolute Gasteiger partial charge is 0.228 e. The van der Waals surface area contributed by atoms with Crippen molar-refractivity contribution in [1.82, 2.24) is 4.90 Å². The van der Waals surface area contributed by atoms with E-state index in [2.05, 4.69) is 26.1 Å². The third-order valence-corrected chi connectivity index (χ3v) is 5.51. The van der Waals surface area contributed by atoms with Gasteiger partial charge in [-0.2, -0.15) is 0 Å². The molecule has 0 saturated carbocycles. The molecule has 0 unspecified atom stereocenters. The first-order valence-electron chi connectivity index (χ1n) is 8.24. The number of nitrogens with zero attached hydrogens (tertiary/aromatic N) is 1. The molecule has 1 atom stereocenters. The first kappa shape index (κ1) is 18.7. The molecule has 1 saturated heterocycles. The van der Waals surface area contributed by atoms with Gasteiger partial charge in [0, 0.05) is 33.3 Å². The average molecular weight is 442 g/mol. The van der Waals surface area contributed by atoms with Crippen LogP contribution in [-0.4, -0.2) is 23.9 Å². The van der Waals surface area contributed by atoms with Crippen molar-refractivity contribution in [3.05, 3.63) is 62.5 Å². The van der Waals surface area contributed by atoms with Crippen molar-refractivity contribution in [3.63, 3.8) is 0 Å². The number of amides is 1. The molecule has 0 aliphatic carbocycles. The standard InChI is InChI=1S/C19H19BrCl2N2O/c20-15-4-7-17(8-5-15)23-19(25)14-2-1-9-24(12-14)11-13-3-6-16(21)10-18(13)22/h3-8,10,14H,1-2,9,11-12H2,(H,23,25)/t14-/m1/s1. The number of benzene rings is 2. The summed E-state index contributed by atoms with van der Waals surface area (Å²) in [5, 5.41) is 4.33. The fourth-order valence-corrected chi connectivity index (χ4v) is 3.81. The lowest BCUT2D eigenvalue weighted by molar-refractivity contribution is -0.121. The summed E-state index contributed by atoms with van der Waals surface area (Å²) in [6, 6.07) is 13.2. The molecule has 1 aliphatic rings. The molecule has 0 spiro atoms. The molecule has 1 aliphatic heterocycles. The van der Waals surface area contributed by atoms with Crippen LogP contribution in [0.4, 0.5) is 5.69 Å². The van der Waals surface area contributed by atoms with E-state index in [0.29, 0.717) is 10.0 Å². The highest BCUT2D eigenvalue weighted by Gasteiger charge is 2.26. The number of anilines is 1. The van der Waals surface area contributed by atoms with Gasteiger partial charge in [0.15, 0.2) is 0 Å². The fourth-order valence-electron chi connectivity index (χ4n) is 3.08. The molecule has 0 bridgehead atoms. The second-order valence-electron chi connectivity index (χ2n) is 6.31. The summed E-state index contributed by atoms with van der Waals surface area (Å²) in [6.07, 6.45) is 1.91. The third kappa shape index (κ3) is 5.20. The molecule has 1 N–H and O–H groups in total. The maximum atomic E-state index is 12.6. The van der Waals surface area contributed by atoms with Crippen LogP contribution in [0, 0.1) is 5.92 Å². The number of carbonyl (C=O) groups is 1. The van der Waals surface area contributed by atoms with E-state index in [1.165, 1.54) is 0 Å². The Bertz CT molecular complexity index is 752. The second kappa shape index (κ2) is 8.54. The van der Waals surface area contributed by atoms with Crippen LogP contribution in [0.15, 0.2) is 46.9 Å². The van der Waals surface area contributed by atoms with Crippen LogP contribution in [0.2, 0.25) is 10.0 Å². The highest BCUT2D eigenvalue weighted by atomic mass is 79.9. The monoisotopic (exact) mass is 440 g/mol. The van der Waals surface area contributed by atoms with Crippen LogP contribution in [0.3, 0.4) is 0 Å². The van der Waals surface area contributed by atoms with Crippen LogP contribution in [0.1, 0.15) is 18.4 Å². The van der Waals surface area contributed by atoms with Crippen molar-refractivity contribution in [2.24, 2.45) is 5.92 Å². The maximum absolute atomic E-state index is 12.6. The number of hydrogen-bond donors (Lipinski definition) is 1. The van der Waals surface area contributed by atoms with Crippen molar-refractivity contribution >= 4 is 50.7 Å². The van der Waals surface area contributed by atoms with Gasteiger partial charge in [-0.1, -0.05) is 45.2 Å². The molecule has 2 aromatic carbocycles. The fraction of sp³-hybridized carbons (Fsp3) is 0.316. The van der Waals surface area contributed by atoms with Crippen molar-refractivity contribution < 1.29 is 4.79 Å². The topological polar surface area (TPSA) is 32.3 Å². The van der Waals surface area contributed by atoms with Crippen LogP contribution in [0.5, 0.6) is 0 Å². The van der Waals surface area contributed by atoms with Crippen LogP contribution in [-0.2, 0) is 11.3 Å². The lowest BCUT2D eigenvalue weighted by Gasteiger charge is -2.32.